The maximum absolute atomic E-state index is 11.9. The molecule has 1 rings (SSSR count). The van der Waals surface area contributed by atoms with Crippen LogP contribution < -0.4 is 4.90 Å². The molecule has 0 unspecified atom stereocenters. The molecule has 0 N–H and O–H groups in total. The van der Waals surface area contributed by atoms with E-state index < -0.39 is 21.0 Å². The van der Waals surface area contributed by atoms with Crippen LogP contribution in [0.15, 0.2) is 29.2 Å². The molecule has 1 amide bonds. The van der Waals surface area contributed by atoms with Gasteiger partial charge < -0.3 is 4.90 Å². The van der Waals surface area contributed by atoms with Crippen molar-refractivity contribution < 1.29 is 18.0 Å². The van der Waals surface area contributed by atoms with Crippen molar-refractivity contribution in [2.75, 3.05) is 11.9 Å². The van der Waals surface area contributed by atoms with E-state index in [4.69, 9.17) is 0 Å². The maximum atomic E-state index is 11.9. The zero-order chi connectivity index (χ0) is 13.9. The molecule has 0 aromatic heterocycles. The largest absolute Gasteiger partial charge is 0.309 e. The predicted molar refractivity (Wildman–Crippen MR) is 68.2 cm³/mol. The van der Waals surface area contributed by atoms with Crippen molar-refractivity contribution in [3.8, 4) is 0 Å². The quantitative estimate of drug-likeness (QED) is 0.604. The molecule has 0 saturated carbocycles. The third-order valence-corrected chi connectivity index (χ3v) is 4.77. The average Bonchev–Trinajstić information content (AvgIpc) is 2.36. The zero-order valence-electron chi connectivity index (χ0n) is 10.5. The average molecular weight is 269 g/mol. The van der Waals surface area contributed by atoms with Gasteiger partial charge in [0.1, 0.15) is 0 Å². The summed E-state index contributed by atoms with van der Waals surface area (Å²) < 4.78 is 23.7. The van der Waals surface area contributed by atoms with E-state index in [2.05, 4.69) is 0 Å². The van der Waals surface area contributed by atoms with Crippen molar-refractivity contribution in [3.63, 3.8) is 0 Å². The summed E-state index contributed by atoms with van der Waals surface area (Å²) in [6, 6.07) is 5.85. The summed E-state index contributed by atoms with van der Waals surface area (Å²) in [4.78, 5) is 22.8. The molecule has 0 spiro atoms. The van der Waals surface area contributed by atoms with Crippen molar-refractivity contribution in [2.24, 2.45) is 0 Å². The van der Waals surface area contributed by atoms with E-state index in [0.29, 0.717) is 5.69 Å². The molecule has 5 nitrogen and oxygen atoms in total. The highest BCUT2D eigenvalue weighted by molar-refractivity contribution is 7.92. The Labute approximate surface area is 106 Å². The fraction of sp³-hybridized carbons (Fsp3) is 0.333. The molecule has 0 fully saturated rings. The summed E-state index contributed by atoms with van der Waals surface area (Å²) in [5.74, 6) is -0.686. The number of amides is 1. The Kier molecular flexibility index (Phi) is 4.24. The lowest BCUT2D eigenvalue weighted by molar-refractivity contribution is -0.129. The van der Waals surface area contributed by atoms with Gasteiger partial charge in [-0.05, 0) is 38.1 Å². The lowest BCUT2D eigenvalue weighted by Crippen LogP contribution is -2.26. The van der Waals surface area contributed by atoms with E-state index >= 15 is 0 Å². The molecule has 1 aromatic carbocycles. The van der Waals surface area contributed by atoms with Gasteiger partial charge in [-0.3, -0.25) is 9.59 Å². The first-order chi connectivity index (χ1) is 8.30. The first kappa shape index (κ1) is 14.4. The van der Waals surface area contributed by atoms with Gasteiger partial charge in [-0.15, -0.1) is 0 Å². The fourth-order valence-electron chi connectivity index (χ4n) is 1.34. The third-order valence-electron chi connectivity index (χ3n) is 2.60. The van der Waals surface area contributed by atoms with E-state index in [-0.39, 0.29) is 11.2 Å². The smallest absolute Gasteiger partial charge is 0.290 e. The van der Waals surface area contributed by atoms with E-state index in [1.165, 1.54) is 31.3 Å². The molecule has 98 valence electrons. The van der Waals surface area contributed by atoms with Crippen LogP contribution in [0.4, 0.5) is 5.69 Å². The molecule has 0 radical (unpaired) electrons. The summed E-state index contributed by atoms with van der Waals surface area (Å²) in [5.41, 5.74) is 0.467. The van der Waals surface area contributed by atoms with Gasteiger partial charge in [0.2, 0.25) is 6.29 Å². The molecule has 0 heterocycles. The number of carbonyl (C=O) groups is 2. The zero-order valence-corrected chi connectivity index (χ0v) is 11.3. The Bertz CT molecular complexity index is 546. The number of sulfone groups is 1. The molecule has 0 aliphatic carbocycles. The first-order valence-corrected chi connectivity index (χ1v) is 6.92. The number of anilines is 1. The van der Waals surface area contributed by atoms with Gasteiger partial charge in [0.05, 0.1) is 10.1 Å². The number of benzene rings is 1. The molecule has 0 aliphatic rings. The number of nitrogens with zero attached hydrogens (tertiary/aromatic N) is 1. The number of aldehydes is 1. The van der Waals surface area contributed by atoms with Crippen LogP contribution in [0, 0.1) is 0 Å². The number of hydrogen-bond donors (Lipinski definition) is 0. The highest BCUT2D eigenvalue weighted by atomic mass is 32.2. The van der Waals surface area contributed by atoms with Crippen molar-refractivity contribution in [2.45, 2.75) is 24.0 Å². The van der Waals surface area contributed by atoms with Gasteiger partial charge >= 0.3 is 0 Å². The minimum absolute atomic E-state index is 0.202. The Morgan fingerprint density at radius 2 is 1.72 bits per heavy atom. The Balaban J connectivity index is 3.08. The lowest BCUT2D eigenvalue weighted by atomic mass is 10.3. The van der Waals surface area contributed by atoms with E-state index in [9.17, 15) is 18.0 Å². The van der Waals surface area contributed by atoms with Crippen LogP contribution in [0.3, 0.4) is 0 Å². The van der Waals surface area contributed by atoms with Crippen molar-refractivity contribution in [1.82, 2.24) is 0 Å². The highest BCUT2D eigenvalue weighted by Gasteiger charge is 2.19. The van der Waals surface area contributed by atoms with Gasteiger partial charge in [0, 0.05) is 12.7 Å². The highest BCUT2D eigenvalue weighted by Crippen LogP contribution is 2.20. The predicted octanol–water partition coefficient (Wildman–Crippen LogP) is 1.03. The van der Waals surface area contributed by atoms with E-state index in [1.807, 2.05) is 0 Å². The second-order valence-corrected chi connectivity index (χ2v) is 6.61. The summed E-state index contributed by atoms with van der Waals surface area (Å²) >= 11 is 0. The second-order valence-electron chi connectivity index (χ2n) is 4.10. The van der Waals surface area contributed by atoms with Crippen molar-refractivity contribution in [1.29, 1.82) is 0 Å². The third kappa shape index (κ3) is 2.76. The topological polar surface area (TPSA) is 71.5 Å². The normalized spacial score (nSPS) is 11.3. The first-order valence-electron chi connectivity index (χ1n) is 5.37. The monoisotopic (exact) mass is 269 g/mol. The minimum atomic E-state index is -3.32. The SMILES string of the molecule is CC(C)S(=O)(=O)c1ccc(N(C)C(=O)C=O)cc1. The molecule has 18 heavy (non-hydrogen) atoms. The van der Waals surface area contributed by atoms with E-state index in [1.54, 1.807) is 13.8 Å². The fourth-order valence-corrected chi connectivity index (χ4v) is 2.40. The second kappa shape index (κ2) is 5.30. The molecule has 1 aromatic rings. The van der Waals surface area contributed by atoms with Crippen LogP contribution in [-0.2, 0) is 19.4 Å². The number of hydrogen-bond acceptors (Lipinski definition) is 4. The van der Waals surface area contributed by atoms with Crippen LogP contribution in [0.2, 0.25) is 0 Å². The summed E-state index contributed by atoms with van der Waals surface area (Å²) in [6.07, 6.45) is 0.207. The molecule has 0 saturated heterocycles. The lowest BCUT2D eigenvalue weighted by Gasteiger charge is -2.15. The Morgan fingerprint density at radius 1 is 1.22 bits per heavy atom. The van der Waals surface area contributed by atoms with Crippen LogP contribution in [0.5, 0.6) is 0 Å². The number of carbonyl (C=O) groups excluding carboxylic acids is 2. The Morgan fingerprint density at radius 3 is 2.11 bits per heavy atom. The summed E-state index contributed by atoms with van der Waals surface area (Å²) in [6.45, 7) is 3.20. The molecular formula is C12H15NO4S. The molecule has 0 atom stereocenters. The van der Waals surface area contributed by atoms with Gasteiger partial charge in [0.15, 0.2) is 9.84 Å². The summed E-state index contributed by atoms with van der Waals surface area (Å²) in [5, 5.41) is -0.502. The maximum Gasteiger partial charge on any atom is 0.290 e. The summed E-state index contributed by atoms with van der Waals surface area (Å²) in [7, 11) is -1.87. The van der Waals surface area contributed by atoms with Gasteiger partial charge in [-0.2, -0.15) is 0 Å². The molecule has 0 aliphatic heterocycles. The van der Waals surface area contributed by atoms with Crippen LogP contribution in [0.25, 0.3) is 0 Å². The number of likely N-dealkylation sites (N-methyl/N-ethyl adjacent to an activating group) is 1. The van der Waals surface area contributed by atoms with Gasteiger partial charge in [-0.25, -0.2) is 8.42 Å². The minimum Gasteiger partial charge on any atom is -0.309 e. The van der Waals surface area contributed by atoms with Crippen LogP contribution in [-0.4, -0.2) is 32.9 Å². The molecular weight excluding hydrogens is 254 g/mol. The molecule has 6 heteroatoms. The molecule has 0 bridgehead atoms. The van der Waals surface area contributed by atoms with Crippen molar-refractivity contribution >= 4 is 27.7 Å². The number of rotatable bonds is 4. The van der Waals surface area contributed by atoms with Crippen LogP contribution in [0.1, 0.15) is 13.8 Å². The standard InChI is InChI=1S/C12H15NO4S/c1-9(2)18(16,17)11-6-4-10(5-7-11)13(3)12(15)8-14/h4-9H,1-3H3. The Hall–Kier alpha value is -1.69. The van der Waals surface area contributed by atoms with Gasteiger partial charge in [0.25, 0.3) is 5.91 Å². The van der Waals surface area contributed by atoms with E-state index in [0.717, 1.165) is 4.90 Å². The van der Waals surface area contributed by atoms with Crippen molar-refractivity contribution in [3.05, 3.63) is 24.3 Å². The van der Waals surface area contributed by atoms with Crippen LogP contribution >= 0.6 is 0 Å². The van der Waals surface area contributed by atoms with Gasteiger partial charge in [-0.1, -0.05) is 0 Å².